The molecule has 0 aromatic rings. The molecule has 17 heavy (non-hydrogen) atoms. The Morgan fingerprint density at radius 2 is 2.06 bits per heavy atom. The van der Waals surface area contributed by atoms with Gasteiger partial charge in [-0.1, -0.05) is 19.8 Å². The normalized spacial score (nSPS) is 19.4. The van der Waals surface area contributed by atoms with Gasteiger partial charge in [0.1, 0.15) is 0 Å². The van der Waals surface area contributed by atoms with Crippen LogP contribution in [0.4, 0.5) is 0 Å². The zero-order valence-electron chi connectivity index (χ0n) is 11.7. The molecule has 1 aliphatic heterocycles. The van der Waals surface area contributed by atoms with Gasteiger partial charge in [-0.25, -0.2) is 0 Å². The molecule has 0 aromatic carbocycles. The molecule has 3 nitrogen and oxygen atoms in total. The van der Waals surface area contributed by atoms with Crippen molar-refractivity contribution in [1.29, 1.82) is 0 Å². The Morgan fingerprint density at radius 3 is 2.59 bits per heavy atom. The van der Waals surface area contributed by atoms with Gasteiger partial charge in [-0.05, 0) is 38.6 Å². The summed E-state index contributed by atoms with van der Waals surface area (Å²) in [5.41, 5.74) is 0. The number of hydrogen-bond acceptors (Lipinski definition) is 2. The fourth-order valence-electron chi connectivity index (χ4n) is 2.43. The number of nitrogens with zero attached hydrogens (tertiary/aromatic N) is 1. The van der Waals surface area contributed by atoms with E-state index in [1.807, 2.05) is 4.90 Å². The number of likely N-dealkylation sites (tertiary alicyclic amines) is 1. The van der Waals surface area contributed by atoms with Crippen LogP contribution in [0.5, 0.6) is 0 Å². The van der Waals surface area contributed by atoms with Gasteiger partial charge in [-0.2, -0.15) is 0 Å². The van der Waals surface area contributed by atoms with E-state index in [0.29, 0.717) is 6.04 Å². The van der Waals surface area contributed by atoms with Gasteiger partial charge in [0.25, 0.3) is 0 Å². The molecule has 1 unspecified atom stereocenters. The number of piperidine rings is 1. The fourth-order valence-corrected chi connectivity index (χ4v) is 2.43. The SMILES string of the molecule is CCCCC(C)NCC1CCN(C(C)=O)CC1. The summed E-state index contributed by atoms with van der Waals surface area (Å²) in [6.07, 6.45) is 6.20. The third kappa shape index (κ3) is 5.53. The Bertz CT molecular complexity index is 222. The molecule has 1 N–H and O–H groups in total. The molecule has 0 saturated carbocycles. The molecule has 0 aromatic heterocycles. The third-order valence-corrected chi connectivity index (χ3v) is 3.81. The molecule has 1 fully saturated rings. The van der Waals surface area contributed by atoms with Crippen LogP contribution >= 0.6 is 0 Å². The molecule has 3 heteroatoms. The third-order valence-electron chi connectivity index (χ3n) is 3.81. The molecule has 0 spiro atoms. The molecule has 0 bridgehead atoms. The monoisotopic (exact) mass is 240 g/mol. The molecule has 100 valence electrons. The van der Waals surface area contributed by atoms with Crippen LogP contribution in [-0.2, 0) is 4.79 Å². The van der Waals surface area contributed by atoms with Crippen molar-refractivity contribution in [2.75, 3.05) is 19.6 Å². The first-order valence-corrected chi connectivity index (χ1v) is 7.12. The molecule has 1 amide bonds. The van der Waals surface area contributed by atoms with Crippen molar-refractivity contribution < 1.29 is 4.79 Å². The average Bonchev–Trinajstić information content (AvgIpc) is 2.34. The lowest BCUT2D eigenvalue weighted by Gasteiger charge is -2.32. The van der Waals surface area contributed by atoms with Crippen LogP contribution in [0.25, 0.3) is 0 Å². The van der Waals surface area contributed by atoms with Gasteiger partial charge in [-0.15, -0.1) is 0 Å². The van der Waals surface area contributed by atoms with E-state index in [0.717, 1.165) is 38.4 Å². The van der Waals surface area contributed by atoms with E-state index in [2.05, 4.69) is 19.2 Å². The van der Waals surface area contributed by atoms with Crippen molar-refractivity contribution in [3.05, 3.63) is 0 Å². The maximum Gasteiger partial charge on any atom is 0.219 e. The molecule has 1 aliphatic rings. The summed E-state index contributed by atoms with van der Waals surface area (Å²) < 4.78 is 0. The van der Waals surface area contributed by atoms with Crippen molar-refractivity contribution in [2.45, 2.75) is 58.9 Å². The highest BCUT2D eigenvalue weighted by atomic mass is 16.2. The molecule has 0 radical (unpaired) electrons. The van der Waals surface area contributed by atoms with E-state index in [9.17, 15) is 4.79 Å². The predicted molar refractivity (Wildman–Crippen MR) is 72.0 cm³/mol. The van der Waals surface area contributed by atoms with Crippen LogP contribution in [0.15, 0.2) is 0 Å². The Balaban J connectivity index is 2.11. The lowest BCUT2D eigenvalue weighted by atomic mass is 9.96. The van der Waals surface area contributed by atoms with Crippen molar-refractivity contribution in [3.63, 3.8) is 0 Å². The van der Waals surface area contributed by atoms with Gasteiger partial charge in [-0.3, -0.25) is 4.79 Å². The second-order valence-electron chi connectivity index (χ2n) is 5.40. The molecule has 1 saturated heterocycles. The average molecular weight is 240 g/mol. The number of rotatable bonds is 6. The van der Waals surface area contributed by atoms with Crippen LogP contribution in [0.2, 0.25) is 0 Å². The van der Waals surface area contributed by atoms with Gasteiger partial charge >= 0.3 is 0 Å². The minimum atomic E-state index is 0.229. The summed E-state index contributed by atoms with van der Waals surface area (Å²) in [5.74, 6) is 0.988. The Morgan fingerprint density at radius 1 is 1.41 bits per heavy atom. The quantitative estimate of drug-likeness (QED) is 0.773. The largest absolute Gasteiger partial charge is 0.343 e. The van der Waals surface area contributed by atoms with Crippen molar-refractivity contribution >= 4 is 5.91 Å². The van der Waals surface area contributed by atoms with Crippen molar-refractivity contribution in [1.82, 2.24) is 10.2 Å². The van der Waals surface area contributed by atoms with E-state index in [-0.39, 0.29) is 5.91 Å². The molecule has 1 atom stereocenters. The number of carbonyl (C=O) groups is 1. The lowest BCUT2D eigenvalue weighted by Crippen LogP contribution is -2.41. The van der Waals surface area contributed by atoms with Crippen LogP contribution in [-0.4, -0.2) is 36.5 Å². The van der Waals surface area contributed by atoms with E-state index < -0.39 is 0 Å². The van der Waals surface area contributed by atoms with Crippen molar-refractivity contribution in [2.24, 2.45) is 5.92 Å². The standard InChI is InChI=1S/C14H28N2O/c1-4-5-6-12(2)15-11-14-7-9-16(10-8-14)13(3)17/h12,14-15H,4-11H2,1-3H3. The first-order valence-electron chi connectivity index (χ1n) is 7.12. The van der Waals surface area contributed by atoms with E-state index >= 15 is 0 Å². The Hall–Kier alpha value is -0.570. The minimum Gasteiger partial charge on any atom is -0.343 e. The lowest BCUT2D eigenvalue weighted by molar-refractivity contribution is -0.130. The second kappa shape index (κ2) is 7.70. The molecule has 1 rings (SSSR count). The topological polar surface area (TPSA) is 32.3 Å². The highest BCUT2D eigenvalue weighted by Gasteiger charge is 2.20. The van der Waals surface area contributed by atoms with Gasteiger partial charge < -0.3 is 10.2 Å². The highest BCUT2D eigenvalue weighted by Crippen LogP contribution is 2.16. The molecular formula is C14H28N2O. The van der Waals surface area contributed by atoms with Crippen molar-refractivity contribution in [3.8, 4) is 0 Å². The zero-order chi connectivity index (χ0) is 12.7. The number of unbranched alkanes of at least 4 members (excludes halogenated alkanes) is 1. The summed E-state index contributed by atoms with van der Waals surface area (Å²) in [5, 5.41) is 3.63. The fraction of sp³-hybridized carbons (Fsp3) is 0.929. The Labute approximate surface area is 106 Å². The summed E-state index contributed by atoms with van der Waals surface area (Å²) in [6.45, 7) is 9.21. The second-order valence-corrected chi connectivity index (χ2v) is 5.40. The first kappa shape index (κ1) is 14.5. The molecule has 0 aliphatic carbocycles. The van der Waals surface area contributed by atoms with Gasteiger partial charge in [0.15, 0.2) is 0 Å². The van der Waals surface area contributed by atoms with Gasteiger partial charge in [0.05, 0.1) is 0 Å². The summed E-state index contributed by atoms with van der Waals surface area (Å²) in [7, 11) is 0. The van der Waals surface area contributed by atoms with E-state index in [4.69, 9.17) is 0 Å². The smallest absolute Gasteiger partial charge is 0.219 e. The summed E-state index contributed by atoms with van der Waals surface area (Å²) in [4.78, 5) is 13.2. The maximum atomic E-state index is 11.2. The van der Waals surface area contributed by atoms with Crippen LogP contribution < -0.4 is 5.32 Å². The predicted octanol–water partition coefficient (Wildman–Crippen LogP) is 2.41. The van der Waals surface area contributed by atoms with Crippen LogP contribution in [0, 0.1) is 5.92 Å². The zero-order valence-corrected chi connectivity index (χ0v) is 11.7. The number of carbonyl (C=O) groups excluding carboxylic acids is 1. The number of amides is 1. The summed E-state index contributed by atoms with van der Waals surface area (Å²) >= 11 is 0. The van der Waals surface area contributed by atoms with Crippen LogP contribution in [0.3, 0.4) is 0 Å². The number of nitrogens with one attached hydrogen (secondary N) is 1. The van der Waals surface area contributed by atoms with Gasteiger partial charge in [0.2, 0.25) is 5.91 Å². The van der Waals surface area contributed by atoms with E-state index in [1.54, 1.807) is 6.92 Å². The summed E-state index contributed by atoms with van der Waals surface area (Å²) in [6, 6.07) is 0.640. The number of hydrogen-bond donors (Lipinski definition) is 1. The maximum absolute atomic E-state index is 11.2. The minimum absolute atomic E-state index is 0.229. The highest BCUT2D eigenvalue weighted by molar-refractivity contribution is 5.73. The van der Waals surface area contributed by atoms with Crippen LogP contribution in [0.1, 0.15) is 52.9 Å². The van der Waals surface area contributed by atoms with E-state index in [1.165, 1.54) is 19.3 Å². The Kier molecular flexibility index (Phi) is 6.56. The molecular weight excluding hydrogens is 212 g/mol. The molecule has 1 heterocycles. The first-order chi connectivity index (χ1) is 8.13. The van der Waals surface area contributed by atoms with Gasteiger partial charge in [0, 0.05) is 26.1 Å².